The third-order valence-corrected chi connectivity index (χ3v) is 7.90. The Labute approximate surface area is 167 Å². The summed E-state index contributed by atoms with van der Waals surface area (Å²) in [6.45, 7) is 0. The van der Waals surface area contributed by atoms with Gasteiger partial charge in [0.2, 0.25) is 0 Å². The van der Waals surface area contributed by atoms with Crippen LogP contribution >= 0.6 is 0 Å². The van der Waals surface area contributed by atoms with Crippen LogP contribution in [0.5, 0.6) is 0 Å². The standard InChI is InChI=1S/C21H29N5OS/c1-26(21-19-11-12-23-20(19)24-15-25-21)18-9-7-17(8-10-18)14-28(22,27)13-16-5-3-2-4-6-16/h2-3,5,11-12,15,17-18,22H,4,6-10,13-14H2,1H3,(H,23,24,25). The van der Waals surface area contributed by atoms with Gasteiger partial charge in [0, 0.05) is 34.8 Å². The van der Waals surface area contributed by atoms with E-state index in [1.54, 1.807) is 6.33 Å². The predicted octanol–water partition coefficient (Wildman–Crippen LogP) is 4.28. The van der Waals surface area contributed by atoms with Crippen molar-refractivity contribution in [3.63, 3.8) is 0 Å². The number of rotatable bonds is 6. The molecule has 2 aliphatic rings. The molecule has 2 N–H and O–H groups in total. The van der Waals surface area contributed by atoms with Crippen LogP contribution in [0.4, 0.5) is 5.82 Å². The van der Waals surface area contributed by atoms with E-state index in [1.165, 1.54) is 5.57 Å². The smallest absolute Gasteiger partial charge is 0.142 e. The second-order valence-electron chi connectivity index (χ2n) is 8.14. The Morgan fingerprint density at radius 1 is 1.29 bits per heavy atom. The van der Waals surface area contributed by atoms with Gasteiger partial charge in [-0.2, -0.15) is 0 Å². The minimum atomic E-state index is -2.53. The number of allylic oxidation sites excluding steroid dienone is 3. The molecule has 0 spiro atoms. The van der Waals surface area contributed by atoms with E-state index in [0.29, 0.717) is 23.5 Å². The van der Waals surface area contributed by atoms with Gasteiger partial charge in [-0.05, 0) is 50.5 Å². The van der Waals surface area contributed by atoms with E-state index in [1.807, 2.05) is 24.4 Å². The summed E-state index contributed by atoms with van der Waals surface area (Å²) in [5.41, 5.74) is 2.04. The Kier molecular flexibility index (Phi) is 5.53. The Bertz CT molecular complexity index is 983. The quantitative estimate of drug-likeness (QED) is 0.759. The molecule has 0 radical (unpaired) electrons. The normalized spacial score (nSPS) is 24.7. The lowest BCUT2D eigenvalue weighted by Crippen LogP contribution is -2.37. The number of fused-ring (bicyclic) bond motifs is 1. The van der Waals surface area contributed by atoms with Crippen LogP contribution in [0.1, 0.15) is 38.5 Å². The van der Waals surface area contributed by atoms with Crippen LogP contribution in [-0.4, -0.2) is 43.8 Å². The Balaban J connectivity index is 1.35. The molecular formula is C21H29N5OS. The van der Waals surface area contributed by atoms with Gasteiger partial charge in [-0.15, -0.1) is 0 Å². The first-order valence-corrected chi connectivity index (χ1v) is 12.0. The summed E-state index contributed by atoms with van der Waals surface area (Å²) in [6.07, 6.45) is 15.9. The van der Waals surface area contributed by atoms with Gasteiger partial charge < -0.3 is 9.88 Å². The molecule has 1 atom stereocenters. The van der Waals surface area contributed by atoms with E-state index in [2.05, 4.69) is 33.0 Å². The lowest BCUT2D eigenvalue weighted by atomic mass is 9.86. The van der Waals surface area contributed by atoms with Crippen molar-refractivity contribution in [3.05, 3.63) is 42.4 Å². The molecule has 1 unspecified atom stereocenters. The van der Waals surface area contributed by atoms with Gasteiger partial charge in [-0.25, -0.2) is 14.2 Å². The van der Waals surface area contributed by atoms with E-state index in [9.17, 15) is 4.21 Å². The molecule has 0 aromatic carbocycles. The topological polar surface area (TPSA) is 85.7 Å². The van der Waals surface area contributed by atoms with Crippen molar-refractivity contribution in [2.24, 2.45) is 5.92 Å². The molecule has 150 valence electrons. The SMILES string of the molecule is CN(c1ncnc2[nH]ccc12)C1CCC(CS(=N)(=O)CC2=CC=CCC2)CC1. The molecule has 0 bridgehead atoms. The van der Waals surface area contributed by atoms with E-state index >= 15 is 0 Å². The second-order valence-corrected chi connectivity index (χ2v) is 10.4. The molecule has 6 nitrogen and oxygen atoms in total. The van der Waals surface area contributed by atoms with Gasteiger partial charge in [0.05, 0.1) is 11.1 Å². The number of hydrogen-bond donors (Lipinski definition) is 2. The van der Waals surface area contributed by atoms with Gasteiger partial charge in [0.15, 0.2) is 0 Å². The first-order chi connectivity index (χ1) is 13.5. The number of nitrogens with one attached hydrogen (secondary N) is 2. The van der Waals surface area contributed by atoms with Crippen LogP contribution in [0.15, 0.2) is 42.4 Å². The van der Waals surface area contributed by atoms with Gasteiger partial charge >= 0.3 is 0 Å². The highest BCUT2D eigenvalue weighted by Crippen LogP contribution is 2.32. The largest absolute Gasteiger partial charge is 0.356 e. The van der Waals surface area contributed by atoms with Gasteiger partial charge in [0.1, 0.15) is 17.8 Å². The zero-order valence-corrected chi connectivity index (χ0v) is 17.3. The van der Waals surface area contributed by atoms with Crippen molar-refractivity contribution < 1.29 is 4.21 Å². The van der Waals surface area contributed by atoms with E-state index in [0.717, 1.165) is 55.4 Å². The van der Waals surface area contributed by atoms with Gasteiger partial charge in [0.25, 0.3) is 0 Å². The number of H-pyrrole nitrogens is 1. The van der Waals surface area contributed by atoms with Crippen LogP contribution < -0.4 is 4.90 Å². The highest BCUT2D eigenvalue weighted by Gasteiger charge is 2.28. The molecule has 2 heterocycles. The summed E-state index contributed by atoms with van der Waals surface area (Å²) in [5, 5.41) is 1.05. The summed E-state index contributed by atoms with van der Waals surface area (Å²) in [4.78, 5) is 14.2. The molecule has 2 aromatic heterocycles. The number of hydrogen-bond acceptors (Lipinski definition) is 5. The summed E-state index contributed by atoms with van der Waals surface area (Å²) in [6, 6.07) is 2.45. The van der Waals surface area contributed by atoms with E-state index < -0.39 is 9.73 Å². The maximum atomic E-state index is 12.8. The van der Waals surface area contributed by atoms with Crippen molar-refractivity contribution in [3.8, 4) is 0 Å². The third-order valence-electron chi connectivity index (χ3n) is 6.05. The Morgan fingerprint density at radius 2 is 2.11 bits per heavy atom. The average Bonchev–Trinajstić information content (AvgIpc) is 3.17. The summed E-state index contributed by atoms with van der Waals surface area (Å²) in [7, 11) is -0.425. The number of nitrogens with zero attached hydrogens (tertiary/aromatic N) is 3. The van der Waals surface area contributed by atoms with Crippen LogP contribution in [0.2, 0.25) is 0 Å². The fraction of sp³-hybridized carbons (Fsp3) is 0.524. The van der Waals surface area contributed by atoms with E-state index in [4.69, 9.17) is 4.78 Å². The first-order valence-electron chi connectivity index (χ1n) is 10.1. The third kappa shape index (κ3) is 4.29. The van der Waals surface area contributed by atoms with Crippen molar-refractivity contribution in [2.75, 3.05) is 23.5 Å². The molecule has 0 aliphatic heterocycles. The van der Waals surface area contributed by atoms with Crippen molar-refractivity contribution >= 4 is 26.6 Å². The predicted molar refractivity (Wildman–Crippen MR) is 115 cm³/mol. The fourth-order valence-electron chi connectivity index (χ4n) is 4.52. The maximum Gasteiger partial charge on any atom is 0.142 e. The summed E-state index contributed by atoms with van der Waals surface area (Å²) in [5.74, 6) is 2.35. The van der Waals surface area contributed by atoms with Crippen molar-refractivity contribution in [2.45, 2.75) is 44.6 Å². The second kappa shape index (κ2) is 8.07. The molecule has 1 saturated carbocycles. The summed E-state index contributed by atoms with van der Waals surface area (Å²) < 4.78 is 21.2. The van der Waals surface area contributed by atoms with Crippen LogP contribution in [-0.2, 0) is 9.73 Å². The van der Waals surface area contributed by atoms with Crippen LogP contribution in [0, 0.1) is 10.7 Å². The molecule has 28 heavy (non-hydrogen) atoms. The minimum absolute atomic E-state index is 0.395. The van der Waals surface area contributed by atoms with E-state index in [-0.39, 0.29) is 0 Å². The van der Waals surface area contributed by atoms with Gasteiger partial charge in [-0.1, -0.05) is 23.8 Å². The maximum absolute atomic E-state index is 12.8. The fourth-order valence-corrected chi connectivity index (χ4v) is 6.58. The van der Waals surface area contributed by atoms with Crippen molar-refractivity contribution in [1.29, 1.82) is 4.78 Å². The highest BCUT2D eigenvalue weighted by atomic mass is 32.2. The Morgan fingerprint density at radius 3 is 2.86 bits per heavy atom. The lowest BCUT2D eigenvalue weighted by molar-refractivity contribution is 0.342. The molecule has 0 amide bonds. The van der Waals surface area contributed by atoms with Crippen molar-refractivity contribution in [1.82, 2.24) is 15.0 Å². The highest BCUT2D eigenvalue weighted by molar-refractivity contribution is 7.92. The monoisotopic (exact) mass is 399 g/mol. The average molecular weight is 400 g/mol. The zero-order chi connectivity index (χ0) is 19.6. The zero-order valence-electron chi connectivity index (χ0n) is 16.4. The molecule has 0 saturated heterocycles. The molecular weight excluding hydrogens is 370 g/mol. The molecule has 1 fully saturated rings. The van der Waals surface area contributed by atoms with Crippen LogP contribution in [0.25, 0.3) is 11.0 Å². The first kappa shape index (κ1) is 19.2. The summed E-state index contributed by atoms with van der Waals surface area (Å²) >= 11 is 0. The lowest BCUT2D eigenvalue weighted by Gasteiger charge is -2.35. The number of aromatic nitrogens is 3. The number of anilines is 1. The van der Waals surface area contributed by atoms with Crippen LogP contribution in [0.3, 0.4) is 0 Å². The molecule has 2 aliphatic carbocycles. The van der Waals surface area contributed by atoms with Gasteiger partial charge in [-0.3, -0.25) is 4.78 Å². The number of aromatic amines is 1. The molecule has 2 aromatic rings. The molecule has 7 heteroatoms. The minimum Gasteiger partial charge on any atom is -0.356 e. The Hall–Kier alpha value is -2.15. The molecule has 4 rings (SSSR count).